The maximum absolute atomic E-state index is 13.7. The number of carbonyl (C=O) groups excluding carboxylic acids is 1. The zero-order valence-electron chi connectivity index (χ0n) is 18.0. The summed E-state index contributed by atoms with van der Waals surface area (Å²) >= 11 is 0. The highest BCUT2D eigenvalue weighted by Gasteiger charge is 2.39. The molecule has 0 spiro atoms. The van der Waals surface area contributed by atoms with Crippen molar-refractivity contribution in [3.8, 4) is 16.9 Å². The van der Waals surface area contributed by atoms with Crippen LogP contribution in [0, 0.1) is 6.92 Å². The van der Waals surface area contributed by atoms with Gasteiger partial charge in [0.15, 0.2) is 0 Å². The van der Waals surface area contributed by atoms with E-state index >= 15 is 0 Å². The van der Waals surface area contributed by atoms with Gasteiger partial charge in [-0.3, -0.25) is 14.3 Å². The minimum absolute atomic E-state index is 0.0647. The van der Waals surface area contributed by atoms with Crippen molar-refractivity contribution in [3.05, 3.63) is 84.6 Å². The van der Waals surface area contributed by atoms with Crippen LogP contribution >= 0.6 is 0 Å². The smallest absolute Gasteiger partial charge is 0.273 e. The standard InChI is InChI=1S/C24H24N6O2/c1-16-26-14-22(30(16)18-8-4-3-5-9-18)24(31)29-15-19(32-2)11-21(29)23-27-13-20(28-23)17-7-6-10-25-12-17/h3-10,12-14,19,21H,11,15H2,1-2H3,(H,27,28). The van der Waals surface area contributed by atoms with E-state index in [1.165, 1.54) is 0 Å². The van der Waals surface area contributed by atoms with E-state index in [1.807, 2.05) is 58.9 Å². The van der Waals surface area contributed by atoms with E-state index in [0.717, 1.165) is 28.6 Å². The number of amides is 1. The number of ether oxygens (including phenoxy) is 1. The maximum atomic E-state index is 13.7. The van der Waals surface area contributed by atoms with Gasteiger partial charge in [0, 0.05) is 43.7 Å². The molecule has 0 radical (unpaired) electrons. The minimum Gasteiger partial charge on any atom is -0.380 e. The largest absolute Gasteiger partial charge is 0.380 e. The number of aromatic amines is 1. The van der Waals surface area contributed by atoms with Crippen molar-refractivity contribution < 1.29 is 9.53 Å². The van der Waals surface area contributed by atoms with Crippen LogP contribution in [0.2, 0.25) is 0 Å². The fraction of sp³-hybridized carbons (Fsp3) is 0.250. The summed E-state index contributed by atoms with van der Waals surface area (Å²) in [6.07, 6.45) is 7.55. The molecule has 8 nitrogen and oxygen atoms in total. The second kappa shape index (κ2) is 8.39. The van der Waals surface area contributed by atoms with Crippen LogP contribution in [0.3, 0.4) is 0 Å². The zero-order chi connectivity index (χ0) is 22.1. The Labute approximate surface area is 185 Å². The predicted octanol–water partition coefficient (Wildman–Crippen LogP) is 3.57. The van der Waals surface area contributed by atoms with E-state index in [1.54, 1.807) is 31.9 Å². The predicted molar refractivity (Wildman–Crippen MR) is 119 cm³/mol. The van der Waals surface area contributed by atoms with Gasteiger partial charge in [-0.05, 0) is 31.2 Å². The van der Waals surface area contributed by atoms with Crippen LogP contribution in [-0.4, -0.2) is 55.1 Å². The number of imidazole rings is 2. The lowest BCUT2D eigenvalue weighted by atomic mass is 10.2. The molecule has 2 atom stereocenters. The molecule has 1 fully saturated rings. The number of rotatable bonds is 5. The molecule has 4 heterocycles. The molecule has 5 rings (SSSR count). The number of likely N-dealkylation sites (tertiary alicyclic amines) is 1. The first-order valence-corrected chi connectivity index (χ1v) is 10.5. The molecule has 32 heavy (non-hydrogen) atoms. The molecule has 1 aromatic carbocycles. The number of hydrogen-bond donors (Lipinski definition) is 1. The molecule has 0 aliphatic carbocycles. The Morgan fingerprint density at radius 1 is 1.09 bits per heavy atom. The molecule has 1 amide bonds. The summed E-state index contributed by atoms with van der Waals surface area (Å²) in [6.45, 7) is 2.39. The monoisotopic (exact) mass is 428 g/mol. The second-order valence-corrected chi connectivity index (χ2v) is 7.85. The number of methoxy groups -OCH3 is 1. The van der Waals surface area contributed by atoms with E-state index in [4.69, 9.17) is 4.74 Å². The average molecular weight is 428 g/mol. The third-order valence-electron chi connectivity index (χ3n) is 5.91. The zero-order valence-corrected chi connectivity index (χ0v) is 18.0. The number of carbonyl (C=O) groups is 1. The van der Waals surface area contributed by atoms with E-state index < -0.39 is 0 Å². The van der Waals surface area contributed by atoms with Crippen LogP contribution < -0.4 is 0 Å². The van der Waals surface area contributed by atoms with E-state index in [-0.39, 0.29) is 18.1 Å². The van der Waals surface area contributed by atoms with Gasteiger partial charge in [-0.1, -0.05) is 18.2 Å². The summed E-state index contributed by atoms with van der Waals surface area (Å²) in [5, 5.41) is 0. The van der Waals surface area contributed by atoms with Crippen molar-refractivity contribution in [1.29, 1.82) is 0 Å². The molecule has 1 aliphatic heterocycles. The van der Waals surface area contributed by atoms with E-state index in [9.17, 15) is 4.79 Å². The van der Waals surface area contributed by atoms with Crippen LogP contribution in [0.15, 0.2) is 67.3 Å². The number of H-pyrrole nitrogens is 1. The van der Waals surface area contributed by atoms with Crippen LogP contribution in [0.25, 0.3) is 16.9 Å². The minimum atomic E-state index is -0.225. The highest BCUT2D eigenvalue weighted by atomic mass is 16.5. The molecule has 1 N–H and O–H groups in total. The van der Waals surface area contributed by atoms with Gasteiger partial charge in [0.1, 0.15) is 17.3 Å². The lowest BCUT2D eigenvalue weighted by molar-refractivity contribution is 0.0676. The molecule has 3 aromatic heterocycles. The number of benzene rings is 1. The fourth-order valence-electron chi connectivity index (χ4n) is 4.27. The van der Waals surface area contributed by atoms with Crippen LogP contribution in [0.5, 0.6) is 0 Å². The van der Waals surface area contributed by atoms with Gasteiger partial charge >= 0.3 is 0 Å². The van der Waals surface area contributed by atoms with Gasteiger partial charge in [0.2, 0.25) is 0 Å². The molecular formula is C24H24N6O2. The van der Waals surface area contributed by atoms with Crippen molar-refractivity contribution in [2.75, 3.05) is 13.7 Å². The van der Waals surface area contributed by atoms with Crippen molar-refractivity contribution >= 4 is 5.91 Å². The van der Waals surface area contributed by atoms with Crippen molar-refractivity contribution in [3.63, 3.8) is 0 Å². The van der Waals surface area contributed by atoms with Gasteiger partial charge < -0.3 is 14.6 Å². The molecule has 1 saturated heterocycles. The van der Waals surface area contributed by atoms with Gasteiger partial charge in [-0.2, -0.15) is 0 Å². The lowest BCUT2D eigenvalue weighted by Gasteiger charge is -2.23. The third kappa shape index (κ3) is 3.58. The van der Waals surface area contributed by atoms with Gasteiger partial charge in [0.25, 0.3) is 5.91 Å². The first-order valence-electron chi connectivity index (χ1n) is 10.5. The first-order chi connectivity index (χ1) is 15.7. The molecule has 162 valence electrons. The Morgan fingerprint density at radius 3 is 2.69 bits per heavy atom. The van der Waals surface area contributed by atoms with Crippen molar-refractivity contribution in [1.82, 2.24) is 29.4 Å². The summed E-state index contributed by atoms with van der Waals surface area (Å²) < 4.78 is 7.51. The number of nitrogens with one attached hydrogen (secondary N) is 1. The Balaban J connectivity index is 1.49. The van der Waals surface area contributed by atoms with E-state index in [2.05, 4.69) is 19.9 Å². The fourth-order valence-corrected chi connectivity index (χ4v) is 4.27. The molecule has 2 unspecified atom stereocenters. The lowest BCUT2D eigenvalue weighted by Crippen LogP contribution is -2.33. The topological polar surface area (TPSA) is 88.9 Å². The highest BCUT2D eigenvalue weighted by molar-refractivity contribution is 5.93. The molecular weight excluding hydrogens is 404 g/mol. The summed E-state index contributed by atoms with van der Waals surface area (Å²) in [6, 6.07) is 13.4. The Bertz CT molecular complexity index is 1220. The molecule has 0 bridgehead atoms. The molecule has 1 aliphatic rings. The summed E-state index contributed by atoms with van der Waals surface area (Å²) in [5.41, 5.74) is 3.24. The van der Waals surface area contributed by atoms with Gasteiger partial charge in [-0.25, -0.2) is 9.97 Å². The summed E-state index contributed by atoms with van der Waals surface area (Å²) in [4.78, 5) is 32.1. The highest BCUT2D eigenvalue weighted by Crippen LogP contribution is 2.34. The molecule has 0 saturated carbocycles. The Kier molecular flexibility index (Phi) is 5.28. The van der Waals surface area contributed by atoms with Crippen molar-refractivity contribution in [2.45, 2.75) is 25.5 Å². The van der Waals surface area contributed by atoms with Crippen LogP contribution in [0.4, 0.5) is 0 Å². The maximum Gasteiger partial charge on any atom is 0.273 e. The van der Waals surface area contributed by atoms with E-state index in [0.29, 0.717) is 18.7 Å². The number of nitrogens with zero attached hydrogens (tertiary/aromatic N) is 5. The summed E-state index contributed by atoms with van der Waals surface area (Å²) in [7, 11) is 1.68. The number of aryl methyl sites for hydroxylation is 1. The SMILES string of the molecule is COC1CC(c2ncc(-c3cccnc3)[nH]2)N(C(=O)c2cnc(C)n2-c2ccccc2)C1. The normalized spacial score (nSPS) is 18.2. The number of pyridine rings is 1. The Hall–Kier alpha value is -3.78. The second-order valence-electron chi connectivity index (χ2n) is 7.85. The summed E-state index contributed by atoms with van der Waals surface area (Å²) in [5.74, 6) is 1.40. The number of para-hydroxylation sites is 1. The van der Waals surface area contributed by atoms with Gasteiger partial charge in [-0.15, -0.1) is 0 Å². The quantitative estimate of drug-likeness (QED) is 0.525. The van der Waals surface area contributed by atoms with Crippen molar-refractivity contribution in [2.24, 2.45) is 0 Å². The molecule has 4 aromatic rings. The molecule has 8 heteroatoms. The average Bonchev–Trinajstić information content (AvgIpc) is 3.57. The number of hydrogen-bond acceptors (Lipinski definition) is 5. The number of aromatic nitrogens is 5. The van der Waals surface area contributed by atoms with Crippen LogP contribution in [0.1, 0.15) is 34.6 Å². The Morgan fingerprint density at radius 2 is 1.94 bits per heavy atom. The van der Waals surface area contributed by atoms with Crippen LogP contribution in [-0.2, 0) is 4.74 Å². The van der Waals surface area contributed by atoms with Gasteiger partial charge in [0.05, 0.1) is 30.2 Å². The third-order valence-corrected chi connectivity index (χ3v) is 5.91. The first kappa shape index (κ1) is 20.1.